The quantitative estimate of drug-likeness (QED) is 0.683. The zero-order valence-corrected chi connectivity index (χ0v) is 12.0. The van der Waals surface area contributed by atoms with E-state index in [9.17, 15) is 0 Å². The Labute approximate surface area is 123 Å². The second-order valence-electron chi connectivity index (χ2n) is 3.88. The van der Waals surface area contributed by atoms with Crippen molar-refractivity contribution in [2.45, 2.75) is 10.6 Å². The highest BCUT2D eigenvalue weighted by Gasteiger charge is 2.03. The fraction of sp³-hybridized carbons (Fsp3) is 0.125. The maximum absolute atomic E-state index is 6.15. The number of thioether (sulfide) groups is 1. The number of hydrogen-bond donors (Lipinski definition) is 1. The lowest BCUT2D eigenvalue weighted by atomic mass is 10.1. The molecule has 0 amide bonds. The van der Waals surface area contributed by atoms with Gasteiger partial charge in [0, 0.05) is 16.2 Å². The number of hydrogen-bond acceptors (Lipinski definition) is 2. The van der Waals surface area contributed by atoms with Crippen molar-refractivity contribution in [1.29, 1.82) is 0 Å². The lowest BCUT2D eigenvalue weighted by Crippen LogP contribution is -1.94. The van der Waals surface area contributed by atoms with Crippen LogP contribution in [0.2, 0.25) is 5.02 Å². The molecule has 1 nitrogen and oxygen atoms in total. The summed E-state index contributed by atoms with van der Waals surface area (Å²) in [7, 11) is 0. The maximum atomic E-state index is 6.15. The van der Waals surface area contributed by atoms with E-state index in [4.69, 9.17) is 17.3 Å². The summed E-state index contributed by atoms with van der Waals surface area (Å²) in [5.74, 6) is 6.85. The Kier molecular flexibility index (Phi) is 5.35. The molecule has 0 aromatic heterocycles. The number of halogens is 1. The molecule has 0 fully saturated rings. The molecular formula is C16H14ClNS. The van der Waals surface area contributed by atoms with Gasteiger partial charge in [0.15, 0.2) is 0 Å². The summed E-state index contributed by atoms with van der Waals surface area (Å²) in [6, 6.07) is 16.0. The number of benzene rings is 2. The molecule has 19 heavy (non-hydrogen) atoms. The molecule has 0 heterocycles. The predicted molar refractivity (Wildman–Crippen MR) is 83.4 cm³/mol. The van der Waals surface area contributed by atoms with Gasteiger partial charge in [-0.15, -0.1) is 11.8 Å². The third-order valence-corrected chi connectivity index (χ3v) is 4.13. The van der Waals surface area contributed by atoms with Crippen molar-refractivity contribution in [1.82, 2.24) is 0 Å². The van der Waals surface area contributed by atoms with Crippen LogP contribution in [0.3, 0.4) is 0 Å². The Morgan fingerprint density at radius 2 is 1.79 bits per heavy atom. The van der Waals surface area contributed by atoms with E-state index < -0.39 is 0 Å². The first-order chi connectivity index (χ1) is 9.31. The average molecular weight is 288 g/mol. The summed E-state index contributed by atoms with van der Waals surface area (Å²) in [5, 5.41) is 0.790. The summed E-state index contributed by atoms with van der Waals surface area (Å²) in [6.07, 6.45) is 0. The van der Waals surface area contributed by atoms with Crippen molar-refractivity contribution in [2.75, 3.05) is 6.54 Å². The first-order valence-electron chi connectivity index (χ1n) is 5.95. The van der Waals surface area contributed by atoms with Gasteiger partial charge >= 0.3 is 0 Å². The maximum Gasteiger partial charge on any atom is 0.0555 e. The summed E-state index contributed by atoms with van der Waals surface area (Å²) in [6.45, 7) is 0.381. The van der Waals surface area contributed by atoms with E-state index in [2.05, 4.69) is 17.9 Å². The van der Waals surface area contributed by atoms with Gasteiger partial charge in [-0.1, -0.05) is 53.8 Å². The summed E-state index contributed by atoms with van der Waals surface area (Å²) in [5.41, 5.74) is 7.65. The molecule has 2 aromatic rings. The third kappa shape index (κ3) is 4.04. The van der Waals surface area contributed by atoms with Crippen molar-refractivity contribution in [2.24, 2.45) is 5.73 Å². The van der Waals surface area contributed by atoms with E-state index in [1.807, 2.05) is 42.5 Å². The van der Waals surface area contributed by atoms with Gasteiger partial charge in [0.1, 0.15) is 0 Å². The minimum absolute atomic E-state index is 0.381. The molecule has 2 N–H and O–H groups in total. The van der Waals surface area contributed by atoms with Crippen molar-refractivity contribution < 1.29 is 0 Å². The van der Waals surface area contributed by atoms with Crippen LogP contribution in [0.4, 0.5) is 0 Å². The fourth-order valence-electron chi connectivity index (χ4n) is 1.63. The molecular weight excluding hydrogens is 274 g/mol. The van der Waals surface area contributed by atoms with Crippen molar-refractivity contribution >= 4 is 23.4 Å². The molecule has 0 atom stereocenters. The van der Waals surface area contributed by atoms with Gasteiger partial charge in [0.05, 0.1) is 11.6 Å². The summed E-state index contributed by atoms with van der Waals surface area (Å²) >= 11 is 7.87. The molecule has 0 aliphatic carbocycles. The highest BCUT2D eigenvalue weighted by molar-refractivity contribution is 7.98. The molecule has 0 spiro atoms. The molecule has 0 aliphatic rings. The van der Waals surface area contributed by atoms with Crippen LogP contribution in [-0.4, -0.2) is 6.54 Å². The lowest BCUT2D eigenvalue weighted by molar-refractivity contribution is 1.30. The minimum atomic E-state index is 0.381. The van der Waals surface area contributed by atoms with Gasteiger partial charge < -0.3 is 5.73 Å². The van der Waals surface area contributed by atoms with Crippen LogP contribution < -0.4 is 5.73 Å². The zero-order valence-electron chi connectivity index (χ0n) is 10.4. The highest BCUT2D eigenvalue weighted by Crippen LogP contribution is 2.30. The van der Waals surface area contributed by atoms with Gasteiger partial charge in [-0.25, -0.2) is 0 Å². The smallest absolute Gasteiger partial charge is 0.0555 e. The van der Waals surface area contributed by atoms with E-state index in [1.54, 1.807) is 11.8 Å². The molecule has 3 heteroatoms. The summed E-state index contributed by atoms with van der Waals surface area (Å²) < 4.78 is 0. The first-order valence-corrected chi connectivity index (χ1v) is 7.32. The molecule has 0 saturated carbocycles. The standard InChI is InChI=1S/C16H14ClNS/c17-15-9-3-4-10-16(15)19-12-14-7-2-1-6-13(14)8-5-11-18/h1-4,6-7,9-10H,11-12,18H2. The topological polar surface area (TPSA) is 26.0 Å². The second kappa shape index (κ2) is 7.25. The normalized spacial score (nSPS) is 9.79. The van der Waals surface area contributed by atoms with Crippen LogP contribution in [-0.2, 0) is 5.75 Å². The predicted octanol–water partition coefficient (Wildman–Crippen LogP) is 3.94. The Balaban J connectivity index is 2.14. The molecule has 0 bridgehead atoms. The van der Waals surface area contributed by atoms with Gasteiger partial charge in [-0.2, -0.15) is 0 Å². The lowest BCUT2D eigenvalue weighted by Gasteiger charge is -2.06. The SMILES string of the molecule is NCC#Cc1ccccc1CSc1ccccc1Cl. The van der Waals surface area contributed by atoms with Gasteiger partial charge in [-0.3, -0.25) is 0 Å². The average Bonchev–Trinajstić information content (AvgIpc) is 2.45. The largest absolute Gasteiger partial charge is 0.320 e. The molecule has 96 valence electrons. The fourth-order valence-corrected chi connectivity index (χ4v) is 2.87. The zero-order chi connectivity index (χ0) is 13.5. The van der Waals surface area contributed by atoms with E-state index >= 15 is 0 Å². The van der Waals surface area contributed by atoms with Crippen molar-refractivity contribution in [3.8, 4) is 11.8 Å². The van der Waals surface area contributed by atoms with Crippen LogP contribution in [0.1, 0.15) is 11.1 Å². The van der Waals surface area contributed by atoms with E-state index in [1.165, 1.54) is 5.56 Å². The Hall–Kier alpha value is -1.40. The van der Waals surface area contributed by atoms with Gasteiger partial charge in [-0.05, 0) is 23.8 Å². The first kappa shape index (κ1) is 14.0. The molecule has 2 aromatic carbocycles. The number of nitrogens with two attached hydrogens (primary N) is 1. The van der Waals surface area contributed by atoms with Gasteiger partial charge in [0.25, 0.3) is 0 Å². The second-order valence-corrected chi connectivity index (χ2v) is 5.31. The number of rotatable bonds is 3. The highest BCUT2D eigenvalue weighted by atomic mass is 35.5. The van der Waals surface area contributed by atoms with Crippen LogP contribution in [0.25, 0.3) is 0 Å². The molecule has 0 unspecified atom stereocenters. The van der Waals surface area contributed by atoms with Crippen LogP contribution in [0.5, 0.6) is 0 Å². The Morgan fingerprint density at radius 3 is 2.58 bits per heavy atom. The molecule has 0 saturated heterocycles. The van der Waals surface area contributed by atoms with Crippen LogP contribution in [0, 0.1) is 11.8 Å². The summed E-state index contributed by atoms with van der Waals surface area (Å²) in [4.78, 5) is 1.09. The van der Waals surface area contributed by atoms with Gasteiger partial charge in [0.2, 0.25) is 0 Å². The van der Waals surface area contributed by atoms with E-state index in [0.29, 0.717) is 6.54 Å². The van der Waals surface area contributed by atoms with E-state index in [0.717, 1.165) is 21.2 Å². The Bertz CT molecular complexity index is 613. The van der Waals surface area contributed by atoms with E-state index in [-0.39, 0.29) is 0 Å². The third-order valence-electron chi connectivity index (χ3n) is 2.56. The molecule has 2 rings (SSSR count). The van der Waals surface area contributed by atoms with Crippen LogP contribution >= 0.6 is 23.4 Å². The molecule has 0 aliphatic heterocycles. The monoisotopic (exact) mass is 287 g/mol. The minimum Gasteiger partial charge on any atom is -0.320 e. The molecule has 0 radical (unpaired) electrons. The van der Waals surface area contributed by atoms with Crippen molar-refractivity contribution in [3.63, 3.8) is 0 Å². The van der Waals surface area contributed by atoms with Crippen molar-refractivity contribution in [3.05, 3.63) is 64.7 Å². The Morgan fingerprint density at radius 1 is 1.05 bits per heavy atom. The van der Waals surface area contributed by atoms with Crippen LogP contribution in [0.15, 0.2) is 53.4 Å².